The average molecular weight is 252 g/mol. The molecule has 18 heavy (non-hydrogen) atoms. The molecular formula is C13H24N4O. The highest BCUT2D eigenvalue weighted by molar-refractivity contribution is 5.79. The van der Waals surface area contributed by atoms with Crippen LogP contribution in [0.1, 0.15) is 51.4 Å². The molecule has 1 aliphatic heterocycles. The zero-order valence-corrected chi connectivity index (χ0v) is 10.9. The third kappa shape index (κ3) is 2.53. The van der Waals surface area contributed by atoms with Crippen molar-refractivity contribution in [2.75, 3.05) is 6.54 Å². The Kier molecular flexibility index (Phi) is 3.54. The standard InChI is InChI=1S/C13H24N4O/c18-12(15-11-3-1-2-4-11)10-5-7-13(8-6-10)9-14-17-16-13/h10-11,14,16-17H,1-9H2,(H,15,18). The summed E-state index contributed by atoms with van der Waals surface area (Å²) in [6.45, 7) is 0.962. The van der Waals surface area contributed by atoms with E-state index in [1.807, 2.05) is 0 Å². The van der Waals surface area contributed by atoms with E-state index in [9.17, 15) is 4.79 Å². The molecule has 3 fully saturated rings. The van der Waals surface area contributed by atoms with E-state index in [1.54, 1.807) is 0 Å². The lowest BCUT2D eigenvalue weighted by molar-refractivity contribution is -0.127. The van der Waals surface area contributed by atoms with E-state index in [-0.39, 0.29) is 11.5 Å². The fourth-order valence-corrected chi connectivity index (χ4v) is 3.56. The zero-order valence-electron chi connectivity index (χ0n) is 10.9. The van der Waals surface area contributed by atoms with Crippen LogP contribution in [0.25, 0.3) is 0 Å². The van der Waals surface area contributed by atoms with Crippen molar-refractivity contribution >= 4 is 5.91 Å². The molecule has 0 atom stereocenters. The molecule has 1 heterocycles. The van der Waals surface area contributed by atoms with Crippen molar-refractivity contribution in [2.45, 2.75) is 62.9 Å². The number of rotatable bonds is 2. The van der Waals surface area contributed by atoms with E-state index < -0.39 is 0 Å². The van der Waals surface area contributed by atoms with Crippen molar-refractivity contribution in [3.63, 3.8) is 0 Å². The molecule has 0 bridgehead atoms. The number of hydrazine groups is 2. The van der Waals surface area contributed by atoms with Crippen LogP contribution < -0.4 is 21.7 Å². The van der Waals surface area contributed by atoms with Crippen molar-refractivity contribution in [1.29, 1.82) is 0 Å². The third-order valence-corrected chi connectivity index (χ3v) is 4.86. The predicted molar refractivity (Wildman–Crippen MR) is 69.4 cm³/mol. The lowest BCUT2D eigenvalue weighted by atomic mass is 9.76. The number of carbonyl (C=O) groups is 1. The first-order chi connectivity index (χ1) is 8.77. The molecule has 3 rings (SSSR count). The molecule has 0 aromatic rings. The van der Waals surface area contributed by atoms with Gasteiger partial charge in [0.05, 0.1) is 0 Å². The van der Waals surface area contributed by atoms with Gasteiger partial charge in [-0.1, -0.05) is 12.8 Å². The summed E-state index contributed by atoms with van der Waals surface area (Å²) in [4.78, 5) is 12.2. The molecular weight excluding hydrogens is 228 g/mol. The normalized spacial score (nSPS) is 37.2. The molecule has 2 saturated carbocycles. The molecule has 0 radical (unpaired) electrons. The van der Waals surface area contributed by atoms with Crippen LogP contribution in [0.15, 0.2) is 0 Å². The fourth-order valence-electron chi connectivity index (χ4n) is 3.56. The fraction of sp³-hybridized carbons (Fsp3) is 0.923. The molecule has 102 valence electrons. The van der Waals surface area contributed by atoms with E-state index in [1.165, 1.54) is 25.7 Å². The Hall–Kier alpha value is -0.650. The van der Waals surface area contributed by atoms with Gasteiger partial charge in [0.15, 0.2) is 0 Å². The predicted octanol–water partition coefficient (Wildman–Crippen LogP) is 0.587. The Morgan fingerprint density at radius 3 is 2.44 bits per heavy atom. The van der Waals surface area contributed by atoms with Gasteiger partial charge in [-0.05, 0) is 38.5 Å². The monoisotopic (exact) mass is 252 g/mol. The highest BCUT2D eigenvalue weighted by Gasteiger charge is 2.39. The SMILES string of the molecule is O=C(NC1CCCC1)C1CCC2(CC1)CNNN2. The van der Waals surface area contributed by atoms with Crippen LogP contribution in [0, 0.1) is 5.92 Å². The number of amides is 1. The second kappa shape index (κ2) is 5.15. The van der Waals surface area contributed by atoms with Crippen molar-refractivity contribution in [3.05, 3.63) is 0 Å². The van der Waals surface area contributed by atoms with Gasteiger partial charge in [-0.15, -0.1) is 0 Å². The largest absolute Gasteiger partial charge is 0.353 e. The molecule has 1 amide bonds. The van der Waals surface area contributed by atoms with E-state index in [2.05, 4.69) is 21.7 Å². The Morgan fingerprint density at radius 2 is 1.83 bits per heavy atom. The molecule has 0 unspecified atom stereocenters. The summed E-state index contributed by atoms with van der Waals surface area (Å²) in [5, 5.41) is 3.24. The number of hydrogen-bond donors (Lipinski definition) is 4. The molecule has 1 spiro atoms. The Labute approximate surface area is 108 Å². The quantitative estimate of drug-likeness (QED) is 0.581. The molecule has 3 aliphatic rings. The first-order valence-electron chi connectivity index (χ1n) is 7.33. The van der Waals surface area contributed by atoms with E-state index in [4.69, 9.17) is 0 Å². The number of hydrogen-bond acceptors (Lipinski definition) is 4. The summed E-state index contributed by atoms with van der Waals surface area (Å²) in [5.74, 6) is 0.536. The smallest absolute Gasteiger partial charge is 0.223 e. The molecule has 5 heteroatoms. The van der Waals surface area contributed by atoms with Crippen LogP contribution in [-0.2, 0) is 4.79 Å². The lowest BCUT2D eigenvalue weighted by Gasteiger charge is -2.35. The minimum Gasteiger partial charge on any atom is -0.353 e. The van der Waals surface area contributed by atoms with Crippen molar-refractivity contribution in [1.82, 2.24) is 21.7 Å². The van der Waals surface area contributed by atoms with Crippen molar-refractivity contribution < 1.29 is 4.79 Å². The topological polar surface area (TPSA) is 65.2 Å². The molecule has 0 aromatic carbocycles. The third-order valence-electron chi connectivity index (χ3n) is 4.86. The lowest BCUT2D eigenvalue weighted by Crippen LogP contribution is -2.50. The van der Waals surface area contributed by atoms with Crippen LogP contribution in [0.5, 0.6) is 0 Å². The van der Waals surface area contributed by atoms with E-state index in [0.717, 1.165) is 32.2 Å². The van der Waals surface area contributed by atoms with Gasteiger partial charge >= 0.3 is 0 Å². The summed E-state index contributed by atoms with van der Waals surface area (Å²) in [5.41, 5.74) is 9.61. The second-order valence-electron chi connectivity index (χ2n) is 6.15. The van der Waals surface area contributed by atoms with Gasteiger partial charge in [-0.3, -0.25) is 4.79 Å². The molecule has 5 nitrogen and oxygen atoms in total. The van der Waals surface area contributed by atoms with Gasteiger partial charge < -0.3 is 5.32 Å². The van der Waals surface area contributed by atoms with Gasteiger partial charge in [0.1, 0.15) is 0 Å². The molecule has 2 aliphatic carbocycles. The van der Waals surface area contributed by atoms with Gasteiger partial charge in [0.25, 0.3) is 0 Å². The summed E-state index contributed by atoms with van der Waals surface area (Å²) in [6, 6.07) is 0.460. The van der Waals surface area contributed by atoms with Crippen LogP contribution in [0.2, 0.25) is 0 Å². The molecule has 4 N–H and O–H groups in total. The van der Waals surface area contributed by atoms with Crippen molar-refractivity contribution in [2.24, 2.45) is 5.92 Å². The maximum absolute atomic E-state index is 12.2. The number of carbonyl (C=O) groups excluding carboxylic acids is 1. The highest BCUT2D eigenvalue weighted by atomic mass is 16.1. The Bertz CT molecular complexity index is 298. The van der Waals surface area contributed by atoms with Crippen molar-refractivity contribution in [3.8, 4) is 0 Å². The van der Waals surface area contributed by atoms with Crippen LogP contribution in [0.4, 0.5) is 0 Å². The van der Waals surface area contributed by atoms with Gasteiger partial charge in [-0.2, -0.15) is 5.53 Å². The average Bonchev–Trinajstić information content (AvgIpc) is 3.03. The van der Waals surface area contributed by atoms with E-state index in [0.29, 0.717) is 11.9 Å². The highest BCUT2D eigenvalue weighted by Crippen LogP contribution is 2.33. The summed E-state index contributed by atoms with van der Waals surface area (Å²) in [7, 11) is 0. The Balaban J connectivity index is 1.48. The summed E-state index contributed by atoms with van der Waals surface area (Å²) >= 11 is 0. The first kappa shape index (κ1) is 12.4. The van der Waals surface area contributed by atoms with E-state index >= 15 is 0 Å². The van der Waals surface area contributed by atoms with Gasteiger partial charge in [-0.25, -0.2) is 10.9 Å². The minimum atomic E-state index is 0.185. The van der Waals surface area contributed by atoms with Crippen LogP contribution in [-0.4, -0.2) is 24.0 Å². The molecule has 1 saturated heterocycles. The summed E-state index contributed by atoms with van der Waals surface area (Å²) in [6.07, 6.45) is 9.09. The summed E-state index contributed by atoms with van der Waals surface area (Å²) < 4.78 is 0. The zero-order chi connectivity index (χ0) is 12.4. The van der Waals surface area contributed by atoms with Gasteiger partial charge in [0, 0.05) is 24.0 Å². The molecule has 0 aromatic heterocycles. The first-order valence-corrected chi connectivity index (χ1v) is 7.33. The van der Waals surface area contributed by atoms with Gasteiger partial charge in [0.2, 0.25) is 5.91 Å². The van der Waals surface area contributed by atoms with Crippen LogP contribution in [0.3, 0.4) is 0 Å². The number of nitrogens with one attached hydrogen (secondary N) is 4. The second-order valence-corrected chi connectivity index (χ2v) is 6.15. The van der Waals surface area contributed by atoms with Crippen LogP contribution >= 0.6 is 0 Å². The Morgan fingerprint density at radius 1 is 1.11 bits per heavy atom. The minimum absolute atomic E-state index is 0.185. The maximum atomic E-state index is 12.2. The maximum Gasteiger partial charge on any atom is 0.223 e.